The summed E-state index contributed by atoms with van der Waals surface area (Å²) in [6, 6.07) is 14.5. The molecule has 138 valence electrons. The molecule has 1 aliphatic rings. The second-order valence-electron chi connectivity index (χ2n) is 7.25. The summed E-state index contributed by atoms with van der Waals surface area (Å²) in [5.74, 6) is 0. The summed E-state index contributed by atoms with van der Waals surface area (Å²) in [5.41, 5.74) is 5.88. The zero-order valence-electron chi connectivity index (χ0n) is 16.1. The van der Waals surface area contributed by atoms with Crippen molar-refractivity contribution < 1.29 is 9.53 Å². The van der Waals surface area contributed by atoms with Crippen molar-refractivity contribution >= 4 is 11.8 Å². The van der Waals surface area contributed by atoms with Gasteiger partial charge in [0.25, 0.3) is 0 Å². The van der Waals surface area contributed by atoms with Gasteiger partial charge in [-0.25, -0.2) is 4.79 Å². The van der Waals surface area contributed by atoms with Crippen LogP contribution in [0.15, 0.2) is 42.5 Å². The highest BCUT2D eigenvalue weighted by molar-refractivity contribution is 5.91. The van der Waals surface area contributed by atoms with Gasteiger partial charge in [-0.05, 0) is 55.0 Å². The Morgan fingerprint density at radius 2 is 1.77 bits per heavy atom. The zero-order valence-corrected chi connectivity index (χ0v) is 16.1. The van der Waals surface area contributed by atoms with Crippen LogP contribution in [0.2, 0.25) is 0 Å². The van der Waals surface area contributed by atoms with Gasteiger partial charge in [-0.15, -0.1) is 0 Å². The average Bonchev–Trinajstić information content (AvgIpc) is 3.03. The average molecular weight is 351 g/mol. The number of anilines is 1. The number of benzene rings is 2. The number of rotatable bonds is 7. The monoisotopic (exact) mass is 351 g/mol. The van der Waals surface area contributed by atoms with Crippen LogP contribution in [0, 0.1) is 13.8 Å². The third-order valence-electron chi connectivity index (χ3n) is 5.31. The van der Waals surface area contributed by atoms with Crippen LogP contribution in [-0.4, -0.2) is 12.7 Å². The lowest BCUT2D eigenvalue weighted by molar-refractivity contribution is 0.179. The number of ether oxygens (including phenoxy) is 1. The molecule has 0 N–H and O–H groups in total. The Morgan fingerprint density at radius 3 is 2.50 bits per heavy atom. The molecule has 0 bridgehead atoms. The number of nitrogens with zero attached hydrogens (tertiary/aromatic N) is 1. The quantitative estimate of drug-likeness (QED) is 0.562. The Bertz CT molecular complexity index is 754. The minimum Gasteiger partial charge on any atom is -0.447 e. The molecule has 0 aromatic heterocycles. The largest absolute Gasteiger partial charge is 0.447 e. The molecular formula is C23H29NO2. The Hall–Kier alpha value is -2.29. The van der Waals surface area contributed by atoms with Crippen molar-refractivity contribution in [3.8, 4) is 0 Å². The Kier molecular flexibility index (Phi) is 5.97. The lowest BCUT2D eigenvalue weighted by atomic mass is 9.97. The SMILES string of the molecule is CCCCCCc1cc(C)c(C)cc1N1C(=O)OC[C@H]1c1ccccc1. The Labute approximate surface area is 157 Å². The van der Waals surface area contributed by atoms with E-state index in [0.717, 1.165) is 24.1 Å². The van der Waals surface area contributed by atoms with Crippen molar-refractivity contribution in [1.29, 1.82) is 0 Å². The third kappa shape index (κ3) is 3.92. The normalized spacial score (nSPS) is 16.8. The highest BCUT2D eigenvalue weighted by Crippen LogP contribution is 2.37. The van der Waals surface area contributed by atoms with Crippen LogP contribution in [0.5, 0.6) is 0 Å². The maximum atomic E-state index is 12.6. The van der Waals surface area contributed by atoms with E-state index in [1.54, 1.807) is 0 Å². The van der Waals surface area contributed by atoms with E-state index in [2.05, 4.69) is 45.0 Å². The van der Waals surface area contributed by atoms with Gasteiger partial charge >= 0.3 is 6.09 Å². The van der Waals surface area contributed by atoms with Crippen LogP contribution < -0.4 is 4.90 Å². The molecule has 1 aliphatic heterocycles. The number of aryl methyl sites for hydroxylation is 3. The van der Waals surface area contributed by atoms with Crippen LogP contribution in [0.4, 0.5) is 10.5 Å². The number of amides is 1. The van der Waals surface area contributed by atoms with Crippen molar-refractivity contribution in [2.75, 3.05) is 11.5 Å². The number of hydrogen-bond acceptors (Lipinski definition) is 2. The molecule has 0 radical (unpaired) electrons. The van der Waals surface area contributed by atoms with Gasteiger partial charge in [-0.1, -0.05) is 62.6 Å². The molecule has 1 heterocycles. The molecule has 2 aromatic rings. The molecule has 3 heteroatoms. The lowest BCUT2D eigenvalue weighted by Crippen LogP contribution is -2.28. The minimum atomic E-state index is -0.239. The van der Waals surface area contributed by atoms with Crippen molar-refractivity contribution in [2.45, 2.75) is 58.9 Å². The van der Waals surface area contributed by atoms with Crippen LogP contribution >= 0.6 is 0 Å². The Morgan fingerprint density at radius 1 is 1.04 bits per heavy atom. The number of cyclic esters (lactones) is 1. The van der Waals surface area contributed by atoms with E-state index in [-0.39, 0.29) is 12.1 Å². The van der Waals surface area contributed by atoms with Gasteiger partial charge in [0.2, 0.25) is 0 Å². The summed E-state index contributed by atoms with van der Waals surface area (Å²) in [6.07, 6.45) is 5.64. The summed E-state index contributed by atoms with van der Waals surface area (Å²) in [7, 11) is 0. The highest BCUT2D eigenvalue weighted by atomic mass is 16.6. The predicted octanol–water partition coefficient (Wildman–Crippen LogP) is 6.12. The molecule has 1 atom stereocenters. The first-order valence-electron chi connectivity index (χ1n) is 9.73. The van der Waals surface area contributed by atoms with Gasteiger partial charge in [0.15, 0.2) is 0 Å². The molecule has 0 spiro atoms. The molecule has 1 saturated heterocycles. The van der Waals surface area contributed by atoms with E-state index in [4.69, 9.17) is 4.74 Å². The highest BCUT2D eigenvalue weighted by Gasteiger charge is 2.36. The number of unbranched alkanes of at least 4 members (excludes halogenated alkanes) is 3. The van der Waals surface area contributed by atoms with E-state index in [1.807, 2.05) is 23.1 Å². The first-order valence-corrected chi connectivity index (χ1v) is 9.73. The predicted molar refractivity (Wildman–Crippen MR) is 107 cm³/mol. The first-order chi connectivity index (χ1) is 12.6. The van der Waals surface area contributed by atoms with Crippen molar-refractivity contribution in [2.24, 2.45) is 0 Å². The molecule has 3 nitrogen and oxygen atoms in total. The maximum absolute atomic E-state index is 12.6. The summed E-state index contributed by atoms with van der Waals surface area (Å²) >= 11 is 0. The fourth-order valence-corrected chi connectivity index (χ4v) is 3.64. The van der Waals surface area contributed by atoms with Crippen LogP contribution in [0.1, 0.15) is 60.9 Å². The van der Waals surface area contributed by atoms with Gasteiger partial charge in [-0.2, -0.15) is 0 Å². The number of carbonyl (C=O) groups excluding carboxylic acids is 1. The van der Waals surface area contributed by atoms with Crippen molar-refractivity contribution in [1.82, 2.24) is 0 Å². The van der Waals surface area contributed by atoms with Gasteiger partial charge in [-0.3, -0.25) is 4.90 Å². The minimum absolute atomic E-state index is 0.0554. The topological polar surface area (TPSA) is 29.5 Å². The molecule has 0 aliphatic carbocycles. The molecule has 3 rings (SSSR count). The second-order valence-corrected chi connectivity index (χ2v) is 7.25. The summed E-state index contributed by atoms with van der Waals surface area (Å²) in [4.78, 5) is 14.4. The summed E-state index contributed by atoms with van der Waals surface area (Å²) < 4.78 is 5.44. The van der Waals surface area contributed by atoms with Gasteiger partial charge in [0.05, 0.1) is 11.7 Å². The number of carbonyl (C=O) groups is 1. The third-order valence-corrected chi connectivity index (χ3v) is 5.31. The molecule has 1 fully saturated rings. The fraction of sp³-hybridized carbons (Fsp3) is 0.435. The molecular weight excluding hydrogens is 322 g/mol. The molecule has 0 saturated carbocycles. The smallest absolute Gasteiger partial charge is 0.415 e. The molecule has 1 amide bonds. The van der Waals surface area contributed by atoms with E-state index in [1.165, 1.54) is 36.0 Å². The van der Waals surface area contributed by atoms with Crippen LogP contribution in [0.25, 0.3) is 0 Å². The summed E-state index contributed by atoms with van der Waals surface area (Å²) in [5, 5.41) is 0. The van der Waals surface area contributed by atoms with E-state index in [9.17, 15) is 4.79 Å². The lowest BCUT2D eigenvalue weighted by Gasteiger charge is -2.25. The van der Waals surface area contributed by atoms with Crippen LogP contribution in [-0.2, 0) is 11.2 Å². The van der Waals surface area contributed by atoms with Crippen LogP contribution in [0.3, 0.4) is 0 Å². The second kappa shape index (κ2) is 8.39. The molecule has 2 aromatic carbocycles. The van der Waals surface area contributed by atoms with Gasteiger partial charge in [0, 0.05) is 0 Å². The fourth-order valence-electron chi connectivity index (χ4n) is 3.64. The van der Waals surface area contributed by atoms with Gasteiger partial charge < -0.3 is 4.74 Å². The van der Waals surface area contributed by atoms with Gasteiger partial charge in [0.1, 0.15) is 6.61 Å². The van der Waals surface area contributed by atoms with E-state index in [0.29, 0.717) is 6.61 Å². The first kappa shape index (κ1) is 18.5. The standard InChI is InChI=1S/C23H29NO2/c1-4-5-6-8-13-20-14-17(2)18(3)15-21(20)24-22(16-26-23(24)25)19-11-9-7-10-12-19/h7,9-12,14-15,22H,4-6,8,13,16H2,1-3H3/t22-/m0/s1. The van der Waals surface area contributed by atoms with Crippen molar-refractivity contribution in [3.63, 3.8) is 0 Å². The maximum Gasteiger partial charge on any atom is 0.415 e. The zero-order chi connectivity index (χ0) is 18.5. The molecule has 26 heavy (non-hydrogen) atoms. The Balaban J connectivity index is 1.94. The van der Waals surface area contributed by atoms with E-state index < -0.39 is 0 Å². The number of hydrogen-bond donors (Lipinski definition) is 0. The molecule has 0 unspecified atom stereocenters. The summed E-state index contributed by atoms with van der Waals surface area (Å²) in [6.45, 7) is 6.89. The van der Waals surface area contributed by atoms with E-state index >= 15 is 0 Å². The van der Waals surface area contributed by atoms with Crippen molar-refractivity contribution in [3.05, 3.63) is 64.7 Å².